The van der Waals surface area contributed by atoms with Gasteiger partial charge in [-0.3, -0.25) is 0 Å². The number of fused-ring (bicyclic) bond motifs is 1. The van der Waals surface area contributed by atoms with Gasteiger partial charge in [-0.25, -0.2) is 9.97 Å². The zero-order chi connectivity index (χ0) is 14.5. The van der Waals surface area contributed by atoms with Crippen molar-refractivity contribution < 1.29 is 0 Å². The second-order valence-corrected chi connectivity index (χ2v) is 4.54. The quantitative estimate of drug-likeness (QED) is 0.653. The van der Waals surface area contributed by atoms with Crippen LogP contribution in [-0.4, -0.2) is 33.0 Å². The van der Waals surface area contributed by atoms with Gasteiger partial charge in [0, 0.05) is 6.54 Å². The Kier molecular flexibility index (Phi) is 4.77. The number of hydrogen-bond donors (Lipinski definition) is 2. The molecule has 0 atom stereocenters. The highest BCUT2D eigenvalue weighted by Crippen LogP contribution is 2.26. The van der Waals surface area contributed by atoms with Crippen molar-refractivity contribution in [2.75, 3.05) is 23.7 Å². The number of nitrogens with one attached hydrogen (secondary N) is 2. The lowest BCUT2D eigenvalue weighted by Crippen LogP contribution is -2.08. The van der Waals surface area contributed by atoms with E-state index in [4.69, 9.17) is 29.6 Å². The van der Waals surface area contributed by atoms with Gasteiger partial charge >= 0.3 is 0 Å². The Balaban J connectivity index is 2.58. The molecule has 2 aromatic heterocycles. The van der Waals surface area contributed by atoms with Crippen molar-refractivity contribution in [1.82, 2.24) is 19.9 Å². The topological polar surface area (TPSA) is 75.6 Å². The lowest BCUT2D eigenvalue weighted by molar-refractivity contribution is 0.967. The second-order valence-electron chi connectivity index (χ2n) is 3.86. The average molecular weight is 311 g/mol. The second kappa shape index (κ2) is 6.55. The molecule has 2 heterocycles. The molecule has 2 N–H and O–H groups in total. The van der Waals surface area contributed by atoms with Crippen molar-refractivity contribution >= 4 is 45.9 Å². The molecular formula is C12H12Cl2N6. The molecule has 0 fully saturated rings. The molecule has 0 aliphatic carbocycles. The number of rotatable bonds is 5. The van der Waals surface area contributed by atoms with E-state index in [1.165, 1.54) is 0 Å². The van der Waals surface area contributed by atoms with E-state index < -0.39 is 0 Å². The van der Waals surface area contributed by atoms with E-state index in [2.05, 4.69) is 36.5 Å². The lowest BCUT2D eigenvalue weighted by Gasteiger charge is -2.10. The van der Waals surface area contributed by atoms with Crippen molar-refractivity contribution in [2.45, 2.75) is 13.3 Å². The Morgan fingerprint density at radius 2 is 1.55 bits per heavy atom. The van der Waals surface area contributed by atoms with Crippen LogP contribution in [-0.2, 0) is 0 Å². The van der Waals surface area contributed by atoms with Gasteiger partial charge in [-0.15, -0.1) is 6.42 Å². The molecule has 0 unspecified atom stereocenters. The van der Waals surface area contributed by atoms with Gasteiger partial charge in [0.05, 0.1) is 6.54 Å². The van der Waals surface area contributed by atoms with Crippen molar-refractivity contribution in [1.29, 1.82) is 0 Å². The van der Waals surface area contributed by atoms with Gasteiger partial charge in [-0.1, -0.05) is 12.8 Å². The summed E-state index contributed by atoms with van der Waals surface area (Å²) in [6.07, 6.45) is 6.16. The fraction of sp³-hybridized carbons (Fsp3) is 0.333. The summed E-state index contributed by atoms with van der Waals surface area (Å²) in [6, 6.07) is 0. The summed E-state index contributed by atoms with van der Waals surface area (Å²) >= 11 is 11.8. The van der Waals surface area contributed by atoms with Gasteiger partial charge in [0.15, 0.2) is 11.6 Å². The first-order valence-electron chi connectivity index (χ1n) is 5.97. The number of terminal acetylenes is 1. The summed E-state index contributed by atoms with van der Waals surface area (Å²) in [7, 11) is 0. The minimum absolute atomic E-state index is 0.0856. The normalized spacial score (nSPS) is 10.3. The van der Waals surface area contributed by atoms with Crippen LogP contribution in [0.3, 0.4) is 0 Å². The number of halogens is 2. The first-order valence-corrected chi connectivity index (χ1v) is 6.73. The van der Waals surface area contributed by atoms with Crippen LogP contribution in [0.4, 0.5) is 11.6 Å². The monoisotopic (exact) mass is 310 g/mol. The average Bonchev–Trinajstić information content (AvgIpc) is 2.43. The minimum atomic E-state index is 0.0856. The van der Waals surface area contributed by atoms with E-state index in [1.54, 1.807) is 0 Å². The Morgan fingerprint density at radius 1 is 1.00 bits per heavy atom. The van der Waals surface area contributed by atoms with E-state index in [9.17, 15) is 0 Å². The predicted molar refractivity (Wildman–Crippen MR) is 81.3 cm³/mol. The molecule has 0 aliphatic rings. The van der Waals surface area contributed by atoms with Gasteiger partial charge in [-0.05, 0) is 29.6 Å². The molecule has 2 aromatic rings. The number of nitrogens with zero attached hydrogens (tertiary/aromatic N) is 4. The zero-order valence-electron chi connectivity index (χ0n) is 10.7. The molecule has 6 nitrogen and oxygen atoms in total. The standard InChI is InChI=1S/C12H12Cl2N6/c1-3-5-15-9-7-8(18-11(13)19-9)10(16-6-4-2)20-12(14)17-7/h1H,4-6H2,2H3,(H,15,18,19)(H,16,17,20). The Labute approximate surface area is 126 Å². The van der Waals surface area contributed by atoms with Crippen LogP contribution in [0.1, 0.15) is 13.3 Å². The summed E-state index contributed by atoms with van der Waals surface area (Å²) in [5, 5.41) is 6.26. The summed E-state index contributed by atoms with van der Waals surface area (Å²) in [6.45, 7) is 3.07. The highest BCUT2D eigenvalue weighted by molar-refractivity contribution is 6.30. The van der Waals surface area contributed by atoms with Gasteiger partial charge in [0.2, 0.25) is 10.6 Å². The molecule has 0 saturated heterocycles. The van der Waals surface area contributed by atoms with Crippen molar-refractivity contribution in [3.8, 4) is 12.3 Å². The molecule has 0 aliphatic heterocycles. The highest BCUT2D eigenvalue weighted by atomic mass is 35.5. The molecule has 0 bridgehead atoms. The molecule has 0 radical (unpaired) electrons. The Morgan fingerprint density at radius 3 is 2.05 bits per heavy atom. The third kappa shape index (κ3) is 3.18. The highest BCUT2D eigenvalue weighted by Gasteiger charge is 2.14. The molecule has 0 amide bonds. The molecule has 2 rings (SSSR count). The zero-order valence-corrected chi connectivity index (χ0v) is 12.3. The van der Waals surface area contributed by atoms with Crippen molar-refractivity contribution in [3.63, 3.8) is 0 Å². The largest absolute Gasteiger partial charge is 0.368 e. The van der Waals surface area contributed by atoms with E-state index in [-0.39, 0.29) is 10.6 Å². The van der Waals surface area contributed by atoms with Crippen LogP contribution in [0.2, 0.25) is 10.6 Å². The van der Waals surface area contributed by atoms with E-state index in [1.807, 2.05) is 6.92 Å². The molecule has 20 heavy (non-hydrogen) atoms. The maximum Gasteiger partial charge on any atom is 0.225 e. The number of hydrogen-bond acceptors (Lipinski definition) is 6. The Bertz CT molecular complexity index is 667. The summed E-state index contributed by atoms with van der Waals surface area (Å²) in [5.41, 5.74) is 0.977. The van der Waals surface area contributed by atoms with E-state index >= 15 is 0 Å². The summed E-state index contributed by atoms with van der Waals surface area (Å²) in [5.74, 6) is 3.41. The number of aromatic nitrogens is 4. The van der Waals surface area contributed by atoms with Crippen LogP contribution >= 0.6 is 23.2 Å². The van der Waals surface area contributed by atoms with Crippen LogP contribution in [0, 0.1) is 12.3 Å². The van der Waals surface area contributed by atoms with Gasteiger partial charge in [-0.2, -0.15) is 9.97 Å². The molecule has 0 saturated carbocycles. The number of anilines is 2. The van der Waals surface area contributed by atoms with Crippen LogP contribution in [0.25, 0.3) is 11.0 Å². The molecular weight excluding hydrogens is 299 g/mol. The van der Waals surface area contributed by atoms with Gasteiger partial charge in [0.25, 0.3) is 0 Å². The smallest absolute Gasteiger partial charge is 0.225 e. The lowest BCUT2D eigenvalue weighted by atomic mass is 10.3. The fourth-order valence-electron chi connectivity index (χ4n) is 1.59. The molecule has 0 aromatic carbocycles. The molecule has 104 valence electrons. The van der Waals surface area contributed by atoms with Crippen LogP contribution in [0.5, 0.6) is 0 Å². The van der Waals surface area contributed by atoms with E-state index in [0.29, 0.717) is 29.2 Å². The molecule has 8 heteroatoms. The summed E-state index contributed by atoms with van der Waals surface area (Å²) < 4.78 is 0. The van der Waals surface area contributed by atoms with Gasteiger partial charge < -0.3 is 10.6 Å². The first kappa shape index (κ1) is 14.6. The van der Waals surface area contributed by atoms with Gasteiger partial charge in [0.1, 0.15) is 11.0 Å². The third-order valence-corrected chi connectivity index (χ3v) is 2.73. The van der Waals surface area contributed by atoms with E-state index in [0.717, 1.165) is 13.0 Å². The Hall–Kier alpha value is -1.84. The fourth-order valence-corrected chi connectivity index (χ4v) is 1.92. The third-order valence-electron chi connectivity index (χ3n) is 2.39. The van der Waals surface area contributed by atoms with Crippen molar-refractivity contribution in [2.24, 2.45) is 0 Å². The maximum atomic E-state index is 5.93. The van der Waals surface area contributed by atoms with Crippen LogP contribution < -0.4 is 10.6 Å². The summed E-state index contributed by atoms with van der Waals surface area (Å²) in [4.78, 5) is 16.5. The molecule has 0 spiro atoms. The minimum Gasteiger partial charge on any atom is -0.368 e. The predicted octanol–water partition coefficient (Wildman–Crippen LogP) is 2.59. The first-order chi connectivity index (χ1) is 9.65. The maximum absolute atomic E-state index is 5.93. The SMILES string of the molecule is C#CCNc1nc(Cl)nc2c(NCCC)nc(Cl)nc12. The van der Waals surface area contributed by atoms with Crippen LogP contribution in [0.15, 0.2) is 0 Å². The van der Waals surface area contributed by atoms with Crippen molar-refractivity contribution in [3.05, 3.63) is 10.6 Å².